The normalized spacial score (nSPS) is 10.1. The first-order valence-corrected chi connectivity index (χ1v) is 7.19. The van der Waals surface area contributed by atoms with Gasteiger partial charge < -0.3 is 4.74 Å². The molecule has 0 saturated carbocycles. The highest BCUT2D eigenvalue weighted by molar-refractivity contribution is 5.95. The van der Waals surface area contributed by atoms with Crippen LogP contribution in [0.2, 0.25) is 0 Å². The number of amides is 1. The van der Waals surface area contributed by atoms with Crippen LogP contribution < -0.4 is 4.90 Å². The lowest BCUT2D eigenvalue weighted by Crippen LogP contribution is -2.27. The number of para-hydroxylation sites is 2. The summed E-state index contributed by atoms with van der Waals surface area (Å²) in [4.78, 5) is 14.0. The van der Waals surface area contributed by atoms with E-state index in [4.69, 9.17) is 4.74 Å². The van der Waals surface area contributed by atoms with Gasteiger partial charge in [-0.1, -0.05) is 56.2 Å². The van der Waals surface area contributed by atoms with E-state index < -0.39 is 0 Å². The summed E-state index contributed by atoms with van der Waals surface area (Å²) in [6, 6.07) is 19.0. The molecule has 0 aromatic heterocycles. The molecule has 0 unspecified atom stereocenters. The summed E-state index contributed by atoms with van der Waals surface area (Å²) in [6.07, 6.45) is 2.31. The average Bonchev–Trinajstić information content (AvgIpc) is 2.54. The highest BCUT2D eigenvalue weighted by atomic mass is 16.6. The Hall–Kier alpha value is -2.29. The van der Waals surface area contributed by atoms with Crippen molar-refractivity contribution in [2.75, 3.05) is 11.5 Å². The van der Waals surface area contributed by atoms with Crippen molar-refractivity contribution >= 4 is 17.5 Å². The van der Waals surface area contributed by atoms with Crippen LogP contribution in [0.4, 0.5) is 16.2 Å². The van der Waals surface area contributed by atoms with Gasteiger partial charge in [0.15, 0.2) is 0 Å². The molecule has 1 radical (unpaired) electrons. The zero-order chi connectivity index (χ0) is 14.9. The molecule has 2 rings (SSSR count). The Labute approximate surface area is 126 Å². The van der Waals surface area contributed by atoms with Crippen molar-refractivity contribution in [3.8, 4) is 0 Å². The van der Waals surface area contributed by atoms with Gasteiger partial charge >= 0.3 is 6.09 Å². The summed E-state index contributed by atoms with van der Waals surface area (Å²) < 4.78 is 5.37. The Morgan fingerprint density at radius 3 is 1.90 bits per heavy atom. The van der Waals surface area contributed by atoms with Crippen LogP contribution >= 0.6 is 0 Å². The first kappa shape index (κ1) is 15.1. The lowest BCUT2D eigenvalue weighted by atomic mass is 10.2. The summed E-state index contributed by atoms with van der Waals surface area (Å²) in [5.41, 5.74) is 1.59. The SMILES string of the molecule is [CH2]CCCCOC(=O)N(c1ccccc1)c1ccccc1. The largest absolute Gasteiger partial charge is 0.449 e. The van der Waals surface area contributed by atoms with Crippen molar-refractivity contribution in [2.45, 2.75) is 19.3 Å². The third-order valence-electron chi connectivity index (χ3n) is 3.08. The highest BCUT2D eigenvalue weighted by Gasteiger charge is 2.18. The van der Waals surface area contributed by atoms with Gasteiger partial charge in [-0.15, -0.1) is 0 Å². The fourth-order valence-corrected chi connectivity index (χ4v) is 2.02. The number of benzene rings is 2. The molecular formula is C18H20NO2. The van der Waals surface area contributed by atoms with Gasteiger partial charge in [0.1, 0.15) is 0 Å². The molecule has 0 spiro atoms. The molecule has 21 heavy (non-hydrogen) atoms. The molecule has 2 aromatic rings. The number of nitrogens with zero attached hydrogens (tertiary/aromatic N) is 1. The molecule has 1 amide bonds. The molecule has 109 valence electrons. The van der Waals surface area contributed by atoms with Crippen molar-refractivity contribution in [1.29, 1.82) is 0 Å². The molecule has 0 atom stereocenters. The van der Waals surface area contributed by atoms with E-state index in [-0.39, 0.29) is 6.09 Å². The number of carbonyl (C=O) groups is 1. The number of unbranched alkanes of at least 4 members (excludes halogenated alkanes) is 2. The van der Waals surface area contributed by atoms with Crippen LogP contribution in [0.15, 0.2) is 60.7 Å². The standard InChI is InChI=1S/C18H20NO2/c1-2-3-10-15-21-18(20)19(16-11-6-4-7-12-16)17-13-8-5-9-14-17/h4-9,11-14H,1-3,10,15H2. The van der Waals surface area contributed by atoms with Crippen molar-refractivity contribution < 1.29 is 9.53 Å². The number of anilines is 2. The van der Waals surface area contributed by atoms with Crippen molar-refractivity contribution in [2.24, 2.45) is 0 Å². The average molecular weight is 282 g/mol. The first-order valence-electron chi connectivity index (χ1n) is 7.19. The van der Waals surface area contributed by atoms with Crippen LogP contribution in [-0.2, 0) is 4.74 Å². The Morgan fingerprint density at radius 1 is 0.905 bits per heavy atom. The van der Waals surface area contributed by atoms with Crippen LogP contribution in [-0.4, -0.2) is 12.7 Å². The summed E-state index contributed by atoms with van der Waals surface area (Å²) in [5, 5.41) is 0. The van der Waals surface area contributed by atoms with Gasteiger partial charge in [-0.2, -0.15) is 0 Å². The monoisotopic (exact) mass is 282 g/mol. The summed E-state index contributed by atoms with van der Waals surface area (Å²) >= 11 is 0. The Bertz CT molecular complexity index is 500. The van der Waals surface area contributed by atoms with E-state index >= 15 is 0 Å². The van der Waals surface area contributed by atoms with Gasteiger partial charge in [0.25, 0.3) is 0 Å². The van der Waals surface area contributed by atoms with Crippen molar-refractivity contribution in [3.63, 3.8) is 0 Å². The van der Waals surface area contributed by atoms with E-state index in [9.17, 15) is 4.79 Å². The maximum atomic E-state index is 12.4. The Morgan fingerprint density at radius 2 is 1.43 bits per heavy atom. The number of ether oxygens (including phenoxy) is 1. The second kappa shape index (κ2) is 8.10. The Kier molecular flexibility index (Phi) is 5.83. The zero-order valence-corrected chi connectivity index (χ0v) is 12.1. The van der Waals surface area contributed by atoms with Gasteiger partial charge in [0.05, 0.1) is 18.0 Å². The summed E-state index contributed by atoms with van der Waals surface area (Å²) in [5.74, 6) is 0. The maximum Gasteiger partial charge on any atom is 0.418 e. The van der Waals surface area contributed by atoms with E-state index in [1.807, 2.05) is 60.7 Å². The van der Waals surface area contributed by atoms with E-state index in [1.165, 1.54) is 0 Å². The van der Waals surface area contributed by atoms with Crippen LogP contribution in [0, 0.1) is 6.92 Å². The summed E-state index contributed by atoms with van der Waals surface area (Å²) in [7, 11) is 0. The topological polar surface area (TPSA) is 29.5 Å². The predicted octanol–water partition coefficient (Wildman–Crippen LogP) is 4.97. The van der Waals surface area contributed by atoms with E-state index in [1.54, 1.807) is 4.90 Å². The number of hydrogen-bond donors (Lipinski definition) is 0. The van der Waals surface area contributed by atoms with Crippen LogP contribution in [0.25, 0.3) is 0 Å². The Balaban J connectivity index is 2.15. The molecule has 0 aliphatic heterocycles. The minimum absolute atomic E-state index is 0.350. The molecule has 2 aromatic carbocycles. The lowest BCUT2D eigenvalue weighted by molar-refractivity contribution is 0.154. The minimum Gasteiger partial charge on any atom is -0.449 e. The van der Waals surface area contributed by atoms with Crippen molar-refractivity contribution in [3.05, 3.63) is 67.6 Å². The molecule has 0 fully saturated rings. The van der Waals surface area contributed by atoms with Crippen LogP contribution in [0.1, 0.15) is 19.3 Å². The smallest absolute Gasteiger partial charge is 0.418 e. The molecule has 0 aliphatic rings. The molecule has 0 heterocycles. The van der Waals surface area contributed by atoms with Gasteiger partial charge in [-0.3, -0.25) is 0 Å². The van der Waals surface area contributed by atoms with Gasteiger partial charge in [-0.25, -0.2) is 9.69 Å². The molecule has 0 bridgehead atoms. The van der Waals surface area contributed by atoms with Crippen molar-refractivity contribution in [1.82, 2.24) is 0 Å². The third-order valence-corrected chi connectivity index (χ3v) is 3.08. The molecule has 3 heteroatoms. The lowest BCUT2D eigenvalue weighted by Gasteiger charge is -2.22. The van der Waals surface area contributed by atoms with Gasteiger partial charge in [-0.05, 0) is 30.7 Å². The van der Waals surface area contributed by atoms with Crippen LogP contribution in [0.3, 0.4) is 0 Å². The van der Waals surface area contributed by atoms with E-state index in [2.05, 4.69) is 6.92 Å². The molecule has 0 N–H and O–H groups in total. The highest BCUT2D eigenvalue weighted by Crippen LogP contribution is 2.25. The minimum atomic E-state index is -0.350. The van der Waals surface area contributed by atoms with E-state index in [0.29, 0.717) is 6.61 Å². The summed E-state index contributed by atoms with van der Waals surface area (Å²) in [6.45, 7) is 4.20. The fourth-order valence-electron chi connectivity index (χ4n) is 2.02. The van der Waals surface area contributed by atoms with E-state index in [0.717, 1.165) is 30.6 Å². The second-order valence-electron chi connectivity index (χ2n) is 4.68. The second-order valence-corrected chi connectivity index (χ2v) is 4.68. The van der Waals surface area contributed by atoms with Crippen LogP contribution in [0.5, 0.6) is 0 Å². The van der Waals surface area contributed by atoms with Gasteiger partial charge in [0.2, 0.25) is 0 Å². The maximum absolute atomic E-state index is 12.4. The third kappa shape index (κ3) is 4.35. The quantitative estimate of drug-likeness (QED) is 0.700. The predicted molar refractivity (Wildman–Crippen MR) is 85.6 cm³/mol. The first-order chi connectivity index (χ1) is 10.3. The van der Waals surface area contributed by atoms with Gasteiger partial charge in [0, 0.05) is 0 Å². The fraction of sp³-hybridized carbons (Fsp3) is 0.222. The molecular weight excluding hydrogens is 262 g/mol. The number of carbonyl (C=O) groups excluding carboxylic acids is 1. The number of hydrogen-bond acceptors (Lipinski definition) is 2. The molecule has 0 aliphatic carbocycles. The molecule has 0 saturated heterocycles. The zero-order valence-electron chi connectivity index (χ0n) is 12.1. The number of rotatable bonds is 6. The molecule has 3 nitrogen and oxygen atoms in total.